The molecule has 1 atom stereocenters. The van der Waals surface area contributed by atoms with E-state index in [1.165, 1.54) is 6.07 Å². The summed E-state index contributed by atoms with van der Waals surface area (Å²) in [4.78, 5) is 44.4. The second-order valence-electron chi connectivity index (χ2n) is 13.5. The van der Waals surface area contributed by atoms with Crippen molar-refractivity contribution in [2.45, 2.75) is 71.7 Å². The summed E-state index contributed by atoms with van der Waals surface area (Å²) in [5.41, 5.74) is 1.35. The zero-order valence-electron chi connectivity index (χ0n) is 30.0. The number of nitrogens with zero attached hydrogens (tertiary/aromatic N) is 6. The molecule has 16 heteroatoms. The Morgan fingerprint density at radius 1 is 1.00 bits per heavy atom. The Labute approximate surface area is 304 Å². The summed E-state index contributed by atoms with van der Waals surface area (Å²) in [5.74, 6) is -2.05. The number of likely N-dealkylation sites (tertiary alicyclic amines) is 1. The van der Waals surface area contributed by atoms with Crippen LogP contribution >= 0.6 is 0 Å². The van der Waals surface area contributed by atoms with Crippen LogP contribution in [0.2, 0.25) is 0 Å². The molecular weight excluding hydrogens is 693 g/mol. The van der Waals surface area contributed by atoms with Gasteiger partial charge in [-0.25, -0.2) is 27.9 Å². The molecule has 1 amide bonds. The molecule has 13 nitrogen and oxygen atoms in total. The van der Waals surface area contributed by atoms with Crippen molar-refractivity contribution < 1.29 is 32.0 Å². The van der Waals surface area contributed by atoms with Crippen molar-refractivity contribution >= 4 is 11.9 Å². The first-order valence-corrected chi connectivity index (χ1v) is 17.0. The Bertz CT molecular complexity index is 2050. The highest BCUT2D eigenvalue weighted by Crippen LogP contribution is 2.25. The number of pyridine rings is 2. The predicted octanol–water partition coefficient (Wildman–Crippen LogP) is 6.82. The van der Waals surface area contributed by atoms with Crippen molar-refractivity contribution in [1.82, 2.24) is 35.0 Å². The number of amides is 1. The van der Waals surface area contributed by atoms with E-state index >= 15 is 0 Å². The average Bonchev–Trinajstić information content (AvgIpc) is 3.60. The van der Waals surface area contributed by atoms with E-state index in [9.17, 15) is 22.8 Å². The van der Waals surface area contributed by atoms with E-state index in [1.54, 1.807) is 42.5 Å². The van der Waals surface area contributed by atoms with Crippen LogP contribution in [0.4, 0.5) is 23.8 Å². The van der Waals surface area contributed by atoms with Crippen LogP contribution in [0.3, 0.4) is 0 Å². The molecular formula is C37H41F3N8O5. The van der Waals surface area contributed by atoms with Gasteiger partial charge in [0.2, 0.25) is 11.4 Å². The summed E-state index contributed by atoms with van der Waals surface area (Å²) in [6.07, 6.45) is 6.24. The third kappa shape index (κ3) is 11.2. The van der Waals surface area contributed by atoms with Gasteiger partial charge >= 0.3 is 6.09 Å². The fraction of sp³-hybridized carbons (Fsp3) is 0.378. The number of nitrogens with one attached hydrogen (secondary N) is 2. The number of hydrogen-bond donors (Lipinski definition) is 2. The van der Waals surface area contributed by atoms with E-state index < -0.39 is 23.1 Å². The summed E-state index contributed by atoms with van der Waals surface area (Å²) in [5, 5.41) is 7.06. The number of aromatic amines is 1. The molecule has 5 heterocycles. The maximum atomic E-state index is 14.0. The molecule has 0 spiro atoms. The third-order valence-electron chi connectivity index (χ3n) is 8.01. The van der Waals surface area contributed by atoms with E-state index in [4.69, 9.17) is 14.0 Å². The topological polar surface area (TPSA) is 161 Å². The molecule has 1 aliphatic heterocycles. The number of carbonyl (C=O) groups is 1. The van der Waals surface area contributed by atoms with Gasteiger partial charge in [0.05, 0.1) is 11.7 Å². The van der Waals surface area contributed by atoms with Crippen LogP contribution in [-0.2, 0) is 16.1 Å². The first-order valence-electron chi connectivity index (χ1n) is 17.0. The smallest absolute Gasteiger partial charge is 0.410 e. The molecule has 0 bridgehead atoms. The van der Waals surface area contributed by atoms with E-state index in [1.807, 2.05) is 39.8 Å². The van der Waals surface area contributed by atoms with E-state index in [-0.39, 0.29) is 41.7 Å². The van der Waals surface area contributed by atoms with Crippen LogP contribution in [0.5, 0.6) is 0 Å². The van der Waals surface area contributed by atoms with Gasteiger partial charge in [-0.2, -0.15) is 4.98 Å². The van der Waals surface area contributed by atoms with Gasteiger partial charge in [0.15, 0.2) is 17.5 Å². The number of aromatic nitrogens is 6. The number of halogens is 3. The lowest BCUT2D eigenvalue weighted by atomic mass is 10.0. The van der Waals surface area contributed by atoms with Crippen LogP contribution in [0.15, 0.2) is 70.4 Å². The summed E-state index contributed by atoms with van der Waals surface area (Å²) < 4.78 is 57.1. The first-order chi connectivity index (χ1) is 25.2. The van der Waals surface area contributed by atoms with Crippen LogP contribution < -0.4 is 10.9 Å². The first kappa shape index (κ1) is 38.6. The number of anilines is 1. The monoisotopic (exact) mass is 734 g/mol. The lowest BCUT2D eigenvalue weighted by Crippen LogP contribution is -2.43. The molecule has 280 valence electrons. The van der Waals surface area contributed by atoms with Gasteiger partial charge in [-0.05, 0) is 76.3 Å². The largest absolute Gasteiger partial charge is 0.444 e. The quantitative estimate of drug-likeness (QED) is 0.153. The van der Waals surface area contributed by atoms with E-state index in [2.05, 4.69) is 35.4 Å². The van der Waals surface area contributed by atoms with Gasteiger partial charge in [-0.1, -0.05) is 12.1 Å². The van der Waals surface area contributed by atoms with Gasteiger partial charge in [-0.15, -0.1) is 0 Å². The minimum absolute atomic E-state index is 0.00558. The number of ether oxygens (including phenoxy) is 2. The van der Waals surface area contributed by atoms with Gasteiger partial charge in [-0.3, -0.25) is 9.78 Å². The summed E-state index contributed by atoms with van der Waals surface area (Å²) in [6.45, 7) is 11.2. The molecule has 0 saturated carbocycles. The van der Waals surface area contributed by atoms with E-state index in [0.717, 1.165) is 30.0 Å². The lowest BCUT2D eigenvalue weighted by molar-refractivity contribution is -0.0231. The lowest BCUT2D eigenvalue weighted by Gasteiger charge is -2.33. The standard InChI is InChI=1S/C19H17F3N4O.C18H24N4O4/c1-10(12-3-4-23-18(27)6-12)9-24-17-5-11(2)25-19(26-17)13-7-15(21)16(22)8-14(13)20;1-18(2,3)25-17(23)22-10-6-14(7-11-22)24-12-15-20-16(21-26-15)13-4-8-19-9-5-13/h3-8,10H,9H2,1-2H3,(H,23,27)(H,24,25,26);4-5,8-9,14H,6-7,10-12H2,1-3H3. The van der Waals surface area contributed by atoms with Crippen LogP contribution in [0, 0.1) is 24.4 Å². The number of H-pyrrole nitrogens is 1. The molecule has 5 aromatic rings. The highest BCUT2D eigenvalue weighted by Gasteiger charge is 2.27. The van der Waals surface area contributed by atoms with Crippen molar-refractivity contribution in [2.24, 2.45) is 0 Å². The fourth-order valence-electron chi connectivity index (χ4n) is 5.27. The molecule has 4 aromatic heterocycles. The van der Waals surface area contributed by atoms with Crippen molar-refractivity contribution in [2.75, 3.05) is 25.0 Å². The maximum absolute atomic E-state index is 14.0. The maximum Gasteiger partial charge on any atom is 0.410 e. The number of benzene rings is 1. The van der Waals surface area contributed by atoms with Gasteiger partial charge in [0.25, 0.3) is 5.89 Å². The fourth-order valence-corrected chi connectivity index (χ4v) is 5.27. The highest BCUT2D eigenvalue weighted by molar-refractivity contribution is 5.68. The predicted molar refractivity (Wildman–Crippen MR) is 189 cm³/mol. The Morgan fingerprint density at radius 3 is 2.42 bits per heavy atom. The number of hydrogen-bond acceptors (Lipinski definition) is 11. The highest BCUT2D eigenvalue weighted by atomic mass is 19.2. The summed E-state index contributed by atoms with van der Waals surface area (Å²) in [6, 6.07) is 9.83. The molecule has 1 aliphatic rings. The van der Waals surface area contributed by atoms with E-state index in [0.29, 0.717) is 48.9 Å². The molecule has 1 aromatic carbocycles. The van der Waals surface area contributed by atoms with Gasteiger partial charge < -0.3 is 29.2 Å². The van der Waals surface area contributed by atoms with Crippen LogP contribution in [-0.4, -0.2) is 72.4 Å². The minimum atomic E-state index is -1.27. The number of piperidine rings is 1. The summed E-state index contributed by atoms with van der Waals surface area (Å²) >= 11 is 0. The molecule has 1 unspecified atom stereocenters. The van der Waals surface area contributed by atoms with Crippen LogP contribution in [0.1, 0.15) is 63.6 Å². The minimum Gasteiger partial charge on any atom is -0.444 e. The zero-order chi connectivity index (χ0) is 38.1. The SMILES string of the molecule is CC(C)(C)OC(=O)N1CCC(OCc2nc(-c3ccncc3)no2)CC1.Cc1cc(NCC(C)c2cc[nH]c(=O)c2)nc(-c2cc(F)c(F)cc2F)n1. The Kier molecular flexibility index (Phi) is 12.6. The van der Waals surface area contributed by atoms with Gasteiger partial charge in [0.1, 0.15) is 23.8 Å². The number of rotatable bonds is 9. The molecule has 6 rings (SSSR count). The third-order valence-corrected chi connectivity index (χ3v) is 8.01. The molecule has 1 fully saturated rings. The number of aryl methyl sites for hydroxylation is 1. The molecule has 2 N–H and O–H groups in total. The molecule has 0 aliphatic carbocycles. The molecule has 0 radical (unpaired) electrons. The second-order valence-corrected chi connectivity index (χ2v) is 13.5. The Hall–Kier alpha value is -5.64. The Morgan fingerprint density at radius 2 is 1.72 bits per heavy atom. The van der Waals surface area contributed by atoms with Crippen molar-refractivity contribution in [3.63, 3.8) is 0 Å². The molecule has 53 heavy (non-hydrogen) atoms. The molecule has 1 saturated heterocycles. The van der Waals surface area contributed by atoms with Crippen molar-refractivity contribution in [3.05, 3.63) is 106 Å². The van der Waals surface area contributed by atoms with Crippen molar-refractivity contribution in [1.29, 1.82) is 0 Å². The number of carbonyl (C=O) groups excluding carboxylic acids is 1. The average molecular weight is 735 g/mol. The second kappa shape index (κ2) is 17.3. The van der Waals surface area contributed by atoms with Crippen LogP contribution in [0.25, 0.3) is 22.8 Å². The summed E-state index contributed by atoms with van der Waals surface area (Å²) in [7, 11) is 0. The van der Waals surface area contributed by atoms with Crippen molar-refractivity contribution in [3.8, 4) is 22.8 Å². The normalized spacial score (nSPS) is 13.9. The van der Waals surface area contributed by atoms with Gasteiger partial charge in [0, 0.05) is 67.7 Å². The Balaban J connectivity index is 0.000000204. The zero-order valence-corrected chi connectivity index (χ0v) is 30.0.